The maximum Gasteiger partial charge on any atom is 0.264 e. The second-order valence-electron chi connectivity index (χ2n) is 7.13. The molecule has 4 heterocycles. The number of rotatable bonds is 6. The van der Waals surface area contributed by atoms with Crippen LogP contribution in [0.4, 0.5) is 8.78 Å². The van der Waals surface area contributed by atoms with Gasteiger partial charge in [0, 0.05) is 19.7 Å². The molecule has 162 valence electrons. The quantitative estimate of drug-likeness (QED) is 0.404. The number of aromatic nitrogens is 5. The molecule has 0 aliphatic carbocycles. The third kappa shape index (κ3) is 3.97. The zero-order valence-corrected chi connectivity index (χ0v) is 18.6. The van der Waals surface area contributed by atoms with Crippen molar-refractivity contribution in [1.82, 2.24) is 29.4 Å². The number of carbonyl (C=O) groups excluding carboxylic acids is 1. The molecule has 11 heteroatoms. The van der Waals surface area contributed by atoms with E-state index >= 15 is 0 Å². The third-order valence-electron chi connectivity index (χ3n) is 5.02. The molecule has 0 saturated carbocycles. The van der Waals surface area contributed by atoms with Crippen LogP contribution in [-0.2, 0) is 24.9 Å². The number of pyridine rings is 1. The average Bonchev–Trinajstić information content (AvgIpc) is 3.44. The summed E-state index contributed by atoms with van der Waals surface area (Å²) in [5.74, 6) is 0.111. The summed E-state index contributed by atoms with van der Waals surface area (Å²) in [6.45, 7) is 1.80. The van der Waals surface area contributed by atoms with Gasteiger partial charge in [-0.2, -0.15) is 10.2 Å². The van der Waals surface area contributed by atoms with E-state index in [0.717, 1.165) is 10.2 Å². The number of nitrogens with zero attached hydrogens (tertiary/aromatic N) is 6. The maximum atomic E-state index is 13.8. The highest BCUT2D eigenvalue weighted by Crippen LogP contribution is 2.33. The van der Waals surface area contributed by atoms with Gasteiger partial charge in [0.2, 0.25) is 5.91 Å². The molecular weight excluding hydrogens is 474 g/mol. The SMILES string of the molecule is Cc1nn(CC(=O)N(C)Cc2c(Br)cnn2C)c2nc(-c3ccco3)cc(C(F)F)c12. The molecule has 0 saturated heterocycles. The largest absolute Gasteiger partial charge is 0.463 e. The van der Waals surface area contributed by atoms with Crippen LogP contribution in [0, 0.1) is 6.92 Å². The molecule has 0 fully saturated rings. The minimum atomic E-state index is -2.73. The Kier molecular flexibility index (Phi) is 5.61. The second kappa shape index (κ2) is 8.22. The van der Waals surface area contributed by atoms with Gasteiger partial charge in [-0.3, -0.25) is 9.48 Å². The van der Waals surface area contributed by atoms with Crippen molar-refractivity contribution in [1.29, 1.82) is 0 Å². The highest BCUT2D eigenvalue weighted by molar-refractivity contribution is 9.10. The molecule has 1 amide bonds. The maximum absolute atomic E-state index is 13.8. The second-order valence-corrected chi connectivity index (χ2v) is 7.98. The Morgan fingerprint density at radius 1 is 1.39 bits per heavy atom. The Labute approximate surface area is 184 Å². The van der Waals surface area contributed by atoms with E-state index in [1.165, 1.54) is 21.9 Å². The van der Waals surface area contributed by atoms with Gasteiger partial charge in [-0.15, -0.1) is 0 Å². The number of hydrogen-bond acceptors (Lipinski definition) is 5. The van der Waals surface area contributed by atoms with Gasteiger partial charge in [0.05, 0.1) is 40.3 Å². The van der Waals surface area contributed by atoms with E-state index in [-0.39, 0.29) is 34.7 Å². The summed E-state index contributed by atoms with van der Waals surface area (Å²) in [4.78, 5) is 18.9. The Bertz CT molecular complexity index is 1230. The lowest BCUT2D eigenvalue weighted by atomic mass is 10.1. The number of carbonyl (C=O) groups is 1. The van der Waals surface area contributed by atoms with Crippen LogP contribution in [0.3, 0.4) is 0 Å². The van der Waals surface area contributed by atoms with Crippen LogP contribution in [0.5, 0.6) is 0 Å². The van der Waals surface area contributed by atoms with Crippen LogP contribution >= 0.6 is 15.9 Å². The predicted octanol–water partition coefficient (Wildman–Crippen LogP) is 4.09. The van der Waals surface area contributed by atoms with Gasteiger partial charge in [0.15, 0.2) is 11.4 Å². The van der Waals surface area contributed by atoms with Crippen LogP contribution in [0.1, 0.15) is 23.4 Å². The molecule has 0 radical (unpaired) electrons. The lowest BCUT2D eigenvalue weighted by Gasteiger charge is -2.18. The molecule has 0 aromatic carbocycles. The number of hydrogen-bond donors (Lipinski definition) is 0. The number of halogens is 3. The van der Waals surface area contributed by atoms with Crippen LogP contribution in [0.15, 0.2) is 39.5 Å². The highest BCUT2D eigenvalue weighted by Gasteiger charge is 2.23. The standard InChI is InChI=1S/C20H19BrF2N6O2/c1-11-18-12(19(22)23)7-14(16-5-4-6-31-16)25-20(18)29(26-11)10-17(30)27(2)9-15-13(21)8-24-28(15)3/h4-8,19H,9-10H2,1-3H3. The Hall–Kier alpha value is -3.08. The summed E-state index contributed by atoms with van der Waals surface area (Å²) in [5, 5.41) is 8.71. The lowest BCUT2D eigenvalue weighted by Crippen LogP contribution is -2.31. The van der Waals surface area contributed by atoms with Crippen molar-refractivity contribution in [3.8, 4) is 11.5 Å². The number of likely N-dealkylation sites (N-methyl/N-ethyl adjacent to an activating group) is 1. The van der Waals surface area contributed by atoms with Gasteiger partial charge in [0.25, 0.3) is 6.43 Å². The minimum Gasteiger partial charge on any atom is -0.463 e. The van der Waals surface area contributed by atoms with E-state index in [4.69, 9.17) is 4.42 Å². The van der Waals surface area contributed by atoms with Crippen LogP contribution in [-0.4, -0.2) is 42.4 Å². The van der Waals surface area contributed by atoms with Gasteiger partial charge in [-0.05, 0) is 41.1 Å². The topological polar surface area (TPSA) is 82.0 Å². The van der Waals surface area contributed by atoms with Crippen molar-refractivity contribution in [2.75, 3.05) is 7.05 Å². The van der Waals surface area contributed by atoms with E-state index in [1.54, 1.807) is 44.0 Å². The van der Waals surface area contributed by atoms with Gasteiger partial charge >= 0.3 is 0 Å². The molecule has 0 N–H and O–H groups in total. The Balaban J connectivity index is 1.69. The van der Waals surface area contributed by atoms with Gasteiger partial charge in [0.1, 0.15) is 12.2 Å². The zero-order valence-electron chi connectivity index (χ0n) is 17.0. The molecule has 0 bridgehead atoms. The molecule has 0 spiro atoms. The first-order chi connectivity index (χ1) is 14.8. The van der Waals surface area contributed by atoms with Crippen LogP contribution < -0.4 is 0 Å². The number of fused-ring (bicyclic) bond motifs is 1. The summed E-state index contributed by atoms with van der Waals surface area (Å²) in [5.41, 5.74) is 1.49. The summed E-state index contributed by atoms with van der Waals surface area (Å²) in [6.07, 6.45) is 0.376. The predicted molar refractivity (Wildman–Crippen MR) is 112 cm³/mol. The summed E-state index contributed by atoms with van der Waals surface area (Å²) in [6, 6.07) is 4.60. The molecule has 4 aromatic rings. The first-order valence-electron chi connectivity index (χ1n) is 9.36. The fourth-order valence-electron chi connectivity index (χ4n) is 3.40. The van der Waals surface area contributed by atoms with Gasteiger partial charge < -0.3 is 9.32 Å². The molecule has 0 atom stereocenters. The number of aryl methyl sites for hydroxylation is 2. The summed E-state index contributed by atoms with van der Waals surface area (Å²) in [7, 11) is 3.45. The Morgan fingerprint density at radius 2 is 2.16 bits per heavy atom. The number of amides is 1. The van der Waals surface area contributed by atoms with Crippen molar-refractivity contribution in [2.24, 2.45) is 7.05 Å². The van der Waals surface area contributed by atoms with E-state index in [9.17, 15) is 13.6 Å². The molecule has 4 rings (SSSR count). The van der Waals surface area contributed by atoms with Crippen molar-refractivity contribution in [2.45, 2.75) is 26.4 Å². The summed E-state index contributed by atoms with van der Waals surface area (Å²) >= 11 is 3.42. The van der Waals surface area contributed by atoms with E-state index in [2.05, 4.69) is 31.1 Å². The third-order valence-corrected chi connectivity index (χ3v) is 5.69. The molecule has 0 aliphatic rings. The normalized spacial score (nSPS) is 11.6. The van der Waals surface area contributed by atoms with Gasteiger partial charge in [-0.1, -0.05) is 0 Å². The van der Waals surface area contributed by atoms with Gasteiger partial charge in [-0.25, -0.2) is 18.4 Å². The fraction of sp³-hybridized carbons (Fsp3) is 0.300. The zero-order chi connectivity index (χ0) is 22.3. The summed E-state index contributed by atoms with van der Waals surface area (Å²) < 4.78 is 36.8. The molecule has 0 aliphatic heterocycles. The first-order valence-corrected chi connectivity index (χ1v) is 10.2. The first kappa shape index (κ1) is 21.2. The highest BCUT2D eigenvalue weighted by atomic mass is 79.9. The number of furan rings is 1. The Morgan fingerprint density at radius 3 is 2.77 bits per heavy atom. The van der Waals surface area contributed by atoms with Crippen molar-refractivity contribution in [3.63, 3.8) is 0 Å². The average molecular weight is 493 g/mol. The van der Waals surface area contributed by atoms with Crippen molar-refractivity contribution < 1.29 is 18.0 Å². The smallest absolute Gasteiger partial charge is 0.264 e. The lowest BCUT2D eigenvalue weighted by molar-refractivity contribution is -0.131. The molecule has 31 heavy (non-hydrogen) atoms. The van der Waals surface area contributed by atoms with Crippen molar-refractivity contribution >= 4 is 32.9 Å². The van der Waals surface area contributed by atoms with Crippen LogP contribution in [0.2, 0.25) is 0 Å². The van der Waals surface area contributed by atoms with E-state index in [0.29, 0.717) is 18.0 Å². The molecule has 4 aromatic heterocycles. The van der Waals surface area contributed by atoms with Crippen molar-refractivity contribution in [3.05, 3.63) is 52.1 Å². The van der Waals surface area contributed by atoms with E-state index < -0.39 is 6.43 Å². The molecular formula is C20H19BrF2N6O2. The molecule has 0 unspecified atom stereocenters. The van der Waals surface area contributed by atoms with Crippen LogP contribution in [0.25, 0.3) is 22.5 Å². The minimum absolute atomic E-state index is 0.145. The number of alkyl halides is 2. The monoisotopic (exact) mass is 492 g/mol. The molecule has 8 nitrogen and oxygen atoms in total. The fourth-order valence-corrected chi connectivity index (χ4v) is 3.87. The van der Waals surface area contributed by atoms with E-state index in [1.807, 2.05) is 0 Å².